The van der Waals surface area contributed by atoms with Crippen LogP contribution in [0, 0.1) is 0 Å². The number of carbonyl (C=O) groups is 2. The summed E-state index contributed by atoms with van der Waals surface area (Å²) in [6, 6.07) is 8.99. The molecule has 2 N–H and O–H groups in total. The second-order valence-electron chi connectivity index (χ2n) is 7.51. The Bertz CT molecular complexity index is 1070. The van der Waals surface area contributed by atoms with Crippen LogP contribution >= 0.6 is 0 Å². The summed E-state index contributed by atoms with van der Waals surface area (Å²) in [4.78, 5) is 24.1. The smallest absolute Gasteiger partial charge is 0.406 e. The van der Waals surface area contributed by atoms with E-state index >= 15 is 0 Å². The summed E-state index contributed by atoms with van der Waals surface area (Å²) in [5.74, 6) is -1.83. The molecule has 36 heavy (non-hydrogen) atoms. The minimum absolute atomic E-state index is 0.104. The van der Waals surface area contributed by atoms with E-state index in [9.17, 15) is 35.9 Å². The maximum Gasteiger partial charge on any atom is 0.573 e. The molecule has 0 spiro atoms. The fourth-order valence-corrected chi connectivity index (χ4v) is 3.08. The lowest BCUT2D eigenvalue weighted by molar-refractivity contribution is -0.275. The maximum atomic E-state index is 12.2. The van der Waals surface area contributed by atoms with Crippen molar-refractivity contribution < 1.29 is 50.1 Å². The van der Waals surface area contributed by atoms with Crippen molar-refractivity contribution in [2.24, 2.45) is 0 Å². The molecule has 0 aromatic heterocycles. The molecule has 2 atom stereocenters. The molecule has 1 aliphatic rings. The zero-order valence-corrected chi connectivity index (χ0v) is 18.4. The Morgan fingerprint density at radius 3 is 1.83 bits per heavy atom. The highest BCUT2D eigenvalue weighted by Gasteiger charge is 2.35. The highest BCUT2D eigenvalue weighted by atomic mass is 19.4. The van der Waals surface area contributed by atoms with Crippen molar-refractivity contribution in [2.75, 3.05) is 6.54 Å². The van der Waals surface area contributed by atoms with E-state index in [-0.39, 0.29) is 23.3 Å². The van der Waals surface area contributed by atoms with Gasteiger partial charge in [-0.1, -0.05) is 0 Å². The number of nitrogens with one attached hydrogen (secondary N) is 2. The van der Waals surface area contributed by atoms with Gasteiger partial charge in [-0.3, -0.25) is 9.59 Å². The summed E-state index contributed by atoms with van der Waals surface area (Å²) in [6.45, 7) is 0.320. The molecule has 0 saturated carbocycles. The van der Waals surface area contributed by atoms with Crippen LogP contribution in [0.3, 0.4) is 0 Å². The Morgan fingerprint density at radius 1 is 0.833 bits per heavy atom. The van der Waals surface area contributed by atoms with Crippen LogP contribution in [0.1, 0.15) is 33.6 Å². The summed E-state index contributed by atoms with van der Waals surface area (Å²) in [5, 5.41) is 5.14. The monoisotopic (exact) mass is 518 g/mol. The van der Waals surface area contributed by atoms with Gasteiger partial charge in [0.05, 0.1) is 6.10 Å². The number of benzene rings is 2. The minimum Gasteiger partial charge on any atom is -0.406 e. The number of carbonyl (C=O) groups excluding carboxylic acids is 2. The number of halogens is 6. The average molecular weight is 518 g/mol. The molecule has 7 nitrogen and oxygen atoms in total. The van der Waals surface area contributed by atoms with Crippen LogP contribution in [0.2, 0.25) is 0 Å². The predicted molar refractivity (Wildman–Crippen MR) is 113 cm³/mol. The van der Waals surface area contributed by atoms with Gasteiger partial charge in [0.25, 0.3) is 11.8 Å². The molecule has 0 aliphatic carbocycles. The van der Waals surface area contributed by atoms with Crippen LogP contribution in [0.15, 0.2) is 60.8 Å². The fourth-order valence-electron chi connectivity index (χ4n) is 3.08. The van der Waals surface area contributed by atoms with Crippen molar-refractivity contribution in [3.05, 3.63) is 71.9 Å². The molecule has 13 heteroatoms. The number of rotatable bonds is 10. The molecule has 1 saturated heterocycles. The lowest BCUT2D eigenvalue weighted by atomic mass is 10.1. The molecule has 2 aromatic rings. The molecule has 194 valence electrons. The van der Waals surface area contributed by atoms with Crippen LogP contribution < -0.4 is 20.1 Å². The van der Waals surface area contributed by atoms with Crippen LogP contribution in [-0.2, 0) is 4.74 Å². The number of epoxide rings is 1. The van der Waals surface area contributed by atoms with Crippen LogP contribution in [-0.4, -0.2) is 43.3 Å². The zero-order valence-electron chi connectivity index (χ0n) is 18.4. The van der Waals surface area contributed by atoms with Crippen LogP contribution in [0.5, 0.6) is 11.5 Å². The van der Waals surface area contributed by atoms with E-state index in [2.05, 4.69) is 20.1 Å². The van der Waals surface area contributed by atoms with Gasteiger partial charge in [-0.15, -0.1) is 26.3 Å². The third kappa shape index (κ3) is 9.13. The van der Waals surface area contributed by atoms with Gasteiger partial charge >= 0.3 is 12.7 Å². The van der Waals surface area contributed by atoms with Gasteiger partial charge in [-0.25, -0.2) is 0 Å². The molecular weight excluding hydrogens is 498 g/mol. The molecule has 3 rings (SSSR count). The largest absolute Gasteiger partial charge is 0.573 e. The quantitative estimate of drug-likeness (QED) is 0.270. The van der Waals surface area contributed by atoms with Gasteiger partial charge in [-0.05, 0) is 67.4 Å². The van der Waals surface area contributed by atoms with Crippen molar-refractivity contribution in [1.82, 2.24) is 10.6 Å². The molecular formula is C23H20F6N2O5. The molecule has 2 unspecified atom stereocenters. The van der Waals surface area contributed by atoms with Crippen molar-refractivity contribution >= 4 is 11.8 Å². The van der Waals surface area contributed by atoms with E-state index in [1.54, 1.807) is 6.08 Å². The lowest BCUT2D eigenvalue weighted by Crippen LogP contribution is -2.24. The number of hydrogen-bond donors (Lipinski definition) is 2. The van der Waals surface area contributed by atoms with E-state index in [4.69, 9.17) is 4.74 Å². The zero-order chi connectivity index (χ0) is 26.3. The van der Waals surface area contributed by atoms with Gasteiger partial charge in [0.15, 0.2) is 0 Å². The van der Waals surface area contributed by atoms with E-state index in [0.29, 0.717) is 19.4 Å². The van der Waals surface area contributed by atoms with Gasteiger partial charge in [0.2, 0.25) is 0 Å². The van der Waals surface area contributed by atoms with Gasteiger partial charge in [0, 0.05) is 23.9 Å². The van der Waals surface area contributed by atoms with Crippen LogP contribution in [0.4, 0.5) is 26.3 Å². The fraction of sp³-hybridized carbons (Fsp3) is 0.304. The standard InChI is InChI=1S/C23H20F6N2O5/c24-22(25,26)35-16-7-3-14(4-8-16)20(32)30-12-1-2-18-19(34-18)11-13-31-21(33)15-5-9-17(10-6-15)36-23(27,28)29/h3-11,13,18-19H,1-2,12H2,(H,30,32)(H,31,33). The average Bonchev–Trinajstić information content (AvgIpc) is 3.53. The molecule has 2 amide bonds. The summed E-state index contributed by atoms with van der Waals surface area (Å²) in [5.41, 5.74) is 0.326. The van der Waals surface area contributed by atoms with E-state index in [1.165, 1.54) is 30.5 Å². The Labute approximate surface area is 201 Å². The number of amides is 2. The van der Waals surface area contributed by atoms with E-state index < -0.39 is 36.0 Å². The number of alkyl halides is 6. The number of hydrogen-bond acceptors (Lipinski definition) is 5. The van der Waals surface area contributed by atoms with Gasteiger partial charge < -0.3 is 24.8 Å². The number of ether oxygens (including phenoxy) is 3. The summed E-state index contributed by atoms with van der Waals surface area (Å²) >= 11 is 0. The highest BCUT2D eigenvalue weighted by molar-refractivity contribution is 5.95. The Hall–Kier alpha value is -3.74. The second-order valence-corrected chi connectivity index (χ2v) is 7.51. The third-order valence-electron chi connectivity index (χ3n) is 4.77. The first-order valence-corrected chi connectivity index (χ1v) is 10.5. The second kappa shape index (κ2) is 11.3. The minimum atomic E-state index is -4.82. The summed E-state index contributed by atoms with van der Waals surface area (Å²) in [6.07, 6.45) is -5.77. The highest BCUT2D eigenvalue weighted by Crippen LogP contribution is 2.27. The summed E-state index contributed by atoms with van der Waals surface area (Å²) < 4.78 is 85.9. The third-order valence-corrected chi connectivity index (χ3v) is 4.77. The van der Waals surface area contributed by atoms with Crippen molar-refractivity contribution in [1.29, 1.82) is 0 Å². The first-order chi connectivity index (χ1) is 16.9. The predicted octanol–water partition coefficient (Wildman–Crippen LogP) is 4.70. The Balaban J connectivity index is 1.31. The van der Waals surface area contributed by atoms with E-state index in [0.717, 1.165) is 24.3 Å². The topological polar surface area (TPSA) is 89.2 Å². The van der Waals surface area contributed by atoms with Gasteiger partial charge in [0.1, 0.15) is 17.6 Å². The van der Waals surface area contributed by atoms with Gasteiger partial charge in [-0.2, -0.15) is 0 Å². The molecule has 0 radical (unpaired) electrons. The first kappa shape index (κ1) is 26.9. The maximum absolute atomic E-state index is 12.2. The SMILES string of the molecule is O=C(NC=CC1OC1CCCNC(=O)c1ccc(OC(F)(F)F)cc1)c1ccc(OC(F)(F)F)cc1. The van der Waals surface area contributed by atoms with Crippen molar-refractivity contribution in [2.45, 2.75) is 37.8 Å². The Morgan fingerprint density at radius 2 is 1.33 bits per heavy atom. The lowest BCUT2D eigenvalue weighted by Gasteiger charge is -2.09. The van der Waals surface area contributed by atoms with Crippen molar-refractivity contribution in [3.8, 4) is 11.5 Å². The molecule has 1 heterocycles. The molecule has 0 bridgehead atoms. The normalized spacial score (nSPS) is 17.5. The molecule has 1 aliphatic heterocycles. The molecule has 1 fully saturated rings. The first-order valence-electron chi connectivity index (χ1n) is 10.5. The van der Waals surface area contributed by atoms with Crippen molar-refractivity contribution in [3.63, 3.8) is 0 Å². The van der Waals surface area contributed by atoms with E-state index in [1.807, 2.05) is 0 Å². The molecule has 2 aromatic carbocycles. The van der Waals surface area contributed by atoms with Crippen LogP contribution in [0.25, 0.3) is 0 Å². The summed E-state index contributed by atoms with van der Waals surface area (Å²) in [7, 11) is 0. The Kier molecular flexibility index (Phi) is 8.45.